The van der Waals surface area contributed by atoms with Crippen LogP contribution in [0.2, 0.25) is 0 Å². The molecule has 0 aliphatic heterocycles. The number of hydrogen-bond acceptors (Lipinski definition) is 2. The fraction of sp³-hybridized carbons (Fsp3) is 0.778. The minimum absolute atomic E-state index is 0.0880. The topological polar surface area (TPSA) is 40.9 Å². The van der Waals surface area contributed by atoms with Crippen LogP contribution in [0.25, 0.3) is 0 Å². The van der Waals surface area contributed by atoms with Crippen LogP contribution in [0.4, 0.5) is 0 Å². The molecule has 62 valence electrons. The summed E-state index contributed by atoms with van der Waals surface area (Å²) in [6, 6.07) is 2.04. The summed E-state index contributed by atoms with van der Waals surface area (Å²) in [5, 5.41) is 8.62. The molecule has 0 aromatic carbocycles. The van der Waals surface area contributed by atoms with Crippen molar-refractivity contribution in [3.05, 3.63) is 0 Å². The van der Waals surface area contributed by atoms with Crippen molar-refractivity contribution in [2.75, 3.05) is 0 Å². The number of Topliss-reactive ketones (excluding diaryl/α,β-unsaturated/α-hetero) is 1. The predicted octanol–water partition coefficient (Wildman–Crippen LogP) is 2.15. The molecular formula is C9H15NO. The van der Waals surface area contributed by atoms with E-state index in [0.29, 0.717) is 6.42 Å². The number of nitrogens with zero attached hydrogens (tertiary/aromatic N) is 1. The number of ketones is 1. The number of hydrogen-bond donors (Lipinski definition) is 0. The summed E-state index contributed by atoms with van der Waals surface area (Å²) in [6.07, 6.45) is 1.38. The van der Waals surface area contributed by atoms with Gasteiger partial charge in [-0.15, -0.1) is 0 Å². The zero-order valence-corrected chi connectivity index (χ0v) is 7.42. The number of carbonyl (C=O) groups is 1. The van der Waals surface area contributed by atoms with Crippen LogP contribution >= 0.6 is 0 Å². The summed E-state index contributed by atoms with van der Waals surface area (Å²) < 4.78 is 0. The molecule has 0 bridgehead atoms. The zero-order chi connectivity index (χ0) is 8.85. The van der Waals surface area contributed by atoms with Crippen LogP contribution in [0.1, 0.15) is 33.6 Å². The summed E-state index contributed by atoms with van der Waals surface area (Å²) in [7, 11) is 0. The molecular weight excluding hydrogens is 138 g/mol. The summed E-state index contributed by atoms with van der Waals surface area (Å²) in [5.74, 6) is -0.154. The molecule has 0 saturated heterocycles. The van der Waals surface area contributed by atoms with Crippen LogP contribution in [0.3, 0.4) is 0 Å². The summed E-state index contributed by atoms with van der Waals surface area (Å²) in [4.78, 5) is 11.2. The molecule has 0 heterocycles. The van der Waals surface area contributed by atoms with Gasteiger partial charge in [0.1, 0.15) is 11.7 Å². The van der Waals surface area contributed by atoms with E-state index in [4.69, 9.17) is 5.26 Å². The van der Waals surface area contributed by atoms with Crippen LogP contribution in [0, 0.1) is 23.2 Å². The molecule has 0 radical (unpaired) electrons. The lowest BCUT2D eigenvalue weighted by Gasteiger charge is -2.09. The van der Waals surface area contributed by atoms with Crippen LogP contribution in [-0.4, -0.2) is 5.78 Å². The van der Waals surface area contributed by atoms with Crippen molar-refractivity contribution >= 4 is 5.78 Å². The Morgan fingerprint density at radius 1 is 1.55 bits per heavy atom. The Morgan fingerprint density at radius 2 is 2.09 bits per heavy atom. The molecule has 0 aromatic heterocycles. The molecule has 0 N–H and O–H groups in total. The lowest BCUT2D eigenvalue weighted by molar-refractivity contribution is -0.122. The van der Waals surface area contributed by atoms with Crippen molar-refractivity contribution < 1.29 is 4.79 Å². The first kappa shape index (κ1) is 10.2. The third-order valence-electron chi connectivity index (χ3n) is 1.65. The van der Waals surface area contributed by atoms with E-state index in [1.165, 1.54) is 0 Å². The van der Waals surface area contributed by atoms with E-state index in [9.17, 15) is 4.79 Å². The minimum atomic E-state index is -0.394. The van der Waals surface area contributed by atoms with Crippen molar-refractivity contribution in [3.8, 4) is 6.07 Å². The van der Waals surface area contributed by atoms with Gasteiger partial charge < -0.3 is 0 Å². The average Bonchev–Trinajstić information content (AvgIpc) is 1.88. The second-order valence-electron chi connectivity index (χ2n) is 3.07. The largest absolute Gasteiger partial charge is 0.298 e. The van der Waals surface area contributed by atoms with Gasteiger partial charge in [0.05, 0.1) is 6.07 Å². The van der Waals surface area contributed by atoms with E-state index < -0.39 is 5.92 Å². The first-order valence-corrected chi connectivity index (χ1v) is 4.05. The number of rotatable bonds is 4. The van der Waals surface area contributed by atoms with Gasteiger partial charge in [-0.2, -0.15) is 5.26 Å². The van der Waals surface area contributed by atoms with Gasteiger partial charge in [-0.1, -0.05) is 20.8 Å². The normalized spacial score (nSPS) is 12.6. The number of nitriles is 1. The highest BCUT2D eigenvalue weighted by Gasteiger charge is 2.19. The van der Waals surface area contributed by atoms with Gasteiger partial charge in [-0.3, -0.25) is 4.79 Å². The Bertz CT molecular complexity index is 167. The quantitative estimate of drug-likeness (QED) is 0.621. The van der Waals surface area contributed by atoms with Crippen molar-refractivity contribution in [3.63, 3.8) is 0 Å². The molecule has 0 fully saturated rings. The molecule has 0 aliphatic rings. The second kappa shape index (κ2) is 4.90. The van der Waals surface area contributed by atoms with E-state index in [0.717, 1.165) is 6.42 Å². The molecule has 0 aliphatic carbocycles. The fourth-order valence-electron chi connectivity index (χ4n) is 0.995. The highest BCUT2D eigenvalue weighted by atomic mass is 16.1. The maximum Gasteiger partial charge on any atom is 0.150 e. The lowest BCUT2D eigenvalue weighted by atomic mass is 9.91. The molecule has 0 saturated carbocycles. The van der Waals surface area contributed by atoms with E-state index in [1.54, 1.807) is 0 Å². The Hall–Kier alpha value is -0.840. The van der Waals surface area contributed by atoms with E-state index >= 15 is 0 Å². The zero-order valence-electron chi connectivity index (χ0n) is 7.42. The van der Waals surface area contributed by atoms with Gasteiger partial charge in [0.2, 0.25) is 0 Å². The fourth-order valence-corrected chi connectivity index (χ4v) is 0.995. The monoisotopic (exact) mass is 153 g/mol. The molecule has 2 nitrogen and oxygen atoms in total. The third-order valence-corrected chi connectivity index (χ3v) is 1.65. The highest BCUT2D eigenvalue weighted by Crippen LogP contribution is 2.13. The van der Waals surface area contributed by atoms with Crippen LogP contribution < -0.4 is 0 Å². The highest BCUT2D eigenvalue weighted by molar-refractivity contribution is 5.83. The van der Waals surface area contributed by atoms with Crippen molar-refractivity contribution in [2.45, 2.75) is 33.6 Å². The van der Waals surface area contributed by atoms with Gasteiger partial charge in [0.15, 0.2) is 0 Å². The maximum absolute atomic E-state index is 11.2. The molecule has 1 atom stereocenters. The molecule has 0 spiro atoms. The molecule has 1 unspecified atom stereocenters. The Morgan fingerprint density at radius 3 is 2.36 bits per heavy atom. The Labute approximate surface area is 68.2 Å². The van der Waals surface area contributed by atoms with Crippen molar-refractivity contribution in [2.24, 2.45) is 11.8 Å². The molecule has 0 rings (SSSR count). The minimum Gasteiger partial charge on any atom is -0.298 e. The van der Waals surface area contributed by atoms with Crippen LogP contribution in [0.5, 0.6) is 0 Å². The van der Waals surface area contributed by atoms with E-state index in [2.05, 4.69) is 0 Å². The van der Waals surface area contributed by atoms with Crippen LogP contribution in [-0.2, 0) is 4.79 Å². The first-order chi connectivity index (χ1) is 5.13. The van der Waals surface area contributed by atoms with Crippen molar-refractivity contribution in [1.82, 2.24) is 0 Å². The second-order valence-corrected chi connectivity index (χ2v) is 3.07. The Kier molecular flexibility index (Phi) is 4.52. The molecule has 11 heavy (non-hydrogen) atoms. The summed E-state index contributed by atoms with van der Waals surface area (Å²) >= 11 is 0. The third kappa shape index (κ3) is 3.18. The standard InChI is InChI=1S/C9H15NO/c1-4-5-9(11)8(6-10)7(2)3/h7-8H,4-5H2,1-3H3. The van der Waals surface area contributed by atoms with Gasteiger partial charge in [0, 0.05) is 6.42 Å². The Balaban J connectivity index is 4.06. The summed E-state index contributed by atoms with van der Waals surface area (Å²) in [6.45, 7) is 5.76. The maximum atomic E-state index is 11.2. The van der Waals surface area contributed by atoms with Crippen LogP contribution in [0.15, 0.2) is 0 Å². The van der Waals surface area contributed by atoms with Gasteiger partial charge in [-0.05, 0) is 12.3 Å². The van der Waals surface area contributed by atoms with Crippen molar-refractivity contribution in [1.29, 1.82) is 5.26 Å². The van der Waals surface area contributed by atoms with Gasteiger partial charge in [-0.25, -0.2) is 0 Å². The predicted molar refractivity (Wildman–Crippen MR) is 43.9 cm³/mol. The average molecular weight is 153 g/mol. The number of carbonyl (C=O) groups excluding carboxylic acids is 1. The van der Waals surface area contributed by atoms with Gasteiger partial charge in [0.25, 0.3) is 0 Å². The van der Waals surface area contributed by atoms with Gasteiger partial charge >= 0.3 is 0 Å². The SMILES string of the molecule is CCCC(=O)C(C#N)C(C)C. The smallest absolute Gasteiger partial charge is 0.150 e. The molecule has 2 heteroatoms. The lowest BCUT2D eigenvalue weighted by Crippen LogP contribution is -2.17. The first-order valence-electron chi connectivity index (χ1n) is 4.05. The van der Waals surface area contributed by atoms with E-state index in [1.807, 2.05) is 26.8 Å². The molecule has 0 amide bonds. The summed E-state index contributed by atoms with van der Waals surface area (Å²) in [5.41, 5.74) is 0. The molecule has 0 aromatic rings. The van der Waals surface area contributed by atoms with E-state index in [-0.39, 0.29) is 11.7 Å².